The number of pyridine rings is 2. The number of nitrogens with one attached hydrogen (secondary N) is 2. The van der Waals surface area contributed by atoms with Crippen molar-refractivity contribution in [3.63, 3.8) is 0 Å². The van der Waals surface area contributed by atoms with Crippen molar-refractivity contribution >= 4 is 11.7 Å². The van der Waals surface area contributed by atoms with E-state index in [1.807, 2.05) is 0 Å². The molecule has 192 valence electrons. The first-order valence-corrected chi connectivity index (χ1v) is 11.5. The van der Waals surface area contributed by atoms with E-state index in [1.54, 1.807) is 42.5 Å². The van der Waals surface area contributed by atoms with Crippen molar-refractivity contribution in [2.75, 3.05) is 11.9 Å². The Morgan fingerprint density at radius 1 is 0.947 bits per heavy atom. The number of amides is 1. The van der Waals surface area contributed by atoms with Crippen LogP contribution in [0.1, 0.15) is 32.9 Å². The Kier molecular flexibility index (Phi) is 7.97. The molecule has 0 saturated heterocycles. The molecule has 0 bridgehead atoms. The van der Waals surface area contributed by atoms with Crippen LogP contribution in [0.3, 0.4) is 0 Å². The molecule has 0 spiro atoms. The topological polar surface area (TPSA) is 90.7 Å². The van der Waals surface area contributed by atoms with E-state index in [1.165, 1.54) is 30.3 Å². The van der Waals surface area contributed by atoms with Crippen LogP contribution in [0.5, 0.6) is 0 Å². The average Bonchev–Trinajstić information content (AvgIpc) is 2.91. The lowest BCUT2D eigenvalue weighted by molar-refractivity contribution is -0.141. The molecule has 0 aliphatic carbocycles. The lowest BCUT2D eigenvalue weighted by Gasteiger charge is -2.14. The zero-order valence-corrected chi connectivity index (χ0v) is 19.9. The Labute approximate surface area is 216 Å². The van der Waals surface area contributed by atoms with E-state index in [0.29, 0.717) is 29.8 Å². The van der Waals surface area contributed by atoms with Crippen LogP contribution < -0.4 is 10.6 Å². The van der Waals surface area contributed by atoms with Crippen LogP contribution in [-0.2, 0) is 19.1 Å². The highest BCUT2D eigenvalue weighted by molar-refractivity contribution is 5.99. The van der Waals surface area contributed by atoms with Crippen LogP contribution in [-0.4, -0.2) is 22.4 Å². The first-order chi connectivity index (χ1) is 18.2. The summed E-state index contributed by atoms with van der Waals surface area (Å²) in [7, 11) is 0. The van der Waals surface area contributed by atoms with Gasteiger partial charge in [-0.2, -0.15) is 18.4 Å². The van der Waals surface area contributed by atoms with Crippen LogP contribution in [0.15, 0.2) is 78.9 Å². The maximum absolute atomic E-state index is 13.5. The molecule has 10 heteroatoms. The molecule has 6 nitrogen and oxygen atoms in total. The fraction of sp³-hybridized carbons (Fsp3) is 0.143. The van der Waals surface area contributed by atoms with Crippen LogP contribution >= 0.6 is 0 Å². The van der Waals surface area contributed by atoms with Gasteiger partial charge in [0.2, 0.25) is 0 Å². The molecule has 4 aromatic rings. The van der Waals surface area contributed by atoms with Crippen molar-refractivity contribution in [3.05, 3.63) is 113 Å². The van der Waals surface area contributed by atoms with Crippen molar-refractivity contribution < 1.29 is 22.4 Å². The molecule has 38 heavy (non-hydrogen) atoms. The fourth-order valence-electron chi connectivity index (χ4n) is 3.75. The molecule has 2 N–H and O–H groups in total. The summed E-state index contributed by atoms with van der Waals surface area (Å²) >= 11 is 0. The number of alkyl halides is 3. The zero-order valence-electron chi connectivity index (χ0n) is 19.9. The number of benzene rings is 2. The van der Waals surface area contributed by atoms with E-state index in [9.17, 15) is 27.6 Å². The van der Waals surface area contributed by atoms with Gasteiger partial charge in [0.1, 0.15) is 17.3 Å². The summed E-state index contributed by atoms with van der Waals surface area (Å²) in [4.78, 5) is 21.2. The van der Waals surface area contributed by atoms with Crippen LogP contribution in [0.2, 0.25) is 0 Å². The maximum Gasteiger partial charge on any atom is 0.433 e. The summed E-state index contributed by atoms with van der Waals surface area (Å²) in [5.74, 6) is -0.731. The standard InChI is InChI=1S/C28H21F4N5O/c29-20-7-3-5-18(15-20)13-14-34-26-23(11-12-24(37-26)22-9-2-1-6-19(22)16-33)27(38)35-17-21-8-4-10-25(36-21)28(30,31)32/h1-12,15H,13-14,17H2,(H,34,37)(H,35,38). The number of anilines is 1. The third kappa shape index (κ3) is 6.50. The summed E-state index contributed by atoms with van der Waals surface area (Å²) < 4.78 is 52.5. The van der Waals surface area contributed by atoms with Gasteiger partial charge in [-0.15, -0.1) is 0 Å². The molecule has 2 aromatic heterocycles. The highest BCUT2D eigenvalue weighted by Gasteiger charge is 2.32. The van der Waals surface area contributed by atoms with Gasteiger partial charge in [0.05, 0.1) is 35.1 Å². The van der Waals surface area contributed by atoms with Gasteiger partial charge in [0, 0.05) is 12.1 Å². The number of rotatable bonds is 8. The minimum atomic E-state index is -4.60. The molecule has 0 fully saturated rings. The molecular weight excluding hydrogens is 498 g/mol. The van der Waals surface area contributed by atoms with Gasteiger partial charge < -0.3 is 10.6 Å². The van der Waals surface area contributed by atoms with Crippen molar-refractivity contribution in [2.45, 2.75) is 19.1 Å². The third-order valence-electron chi connectivity index (χ3n) is 5.59. The van der Waals surface area contributed by atoms with E-state index in [4.69, 9.17) is 0 Å². The molecule has 0 unspecified atom stereocenters. The number of hydrogen-bond acceptors (Lipinski definition) is 5. The summed E-state index contributed by atoms with van der Waals surface area (Å²) in [6.45, 7) is 0.0831. The van der Waals surface area contributed by atoms with Crippen molar-refractivity contribution in [1.29, 1.82) is 5.26 Å². The van der Waals surface area contributed by atoms with E-state index < -0.39 is 17.8 Å². The second-order valence-corrected chi connectivity index (χ2v) is 8.25. The van der Waals surface area contributed by atoms with Gasteiger partial charge in [0.25, 0.3) is 5.91 Å². The molecule has 0 radical (unpaired) electrons. The van der Waals surface area contributed by atoms with Gasteiger partial charge in [-0.1, -0.05) is 36.4 Å². The zero-order chi connectivity index (χ0) is 27.1. The first kappa shape index (κ1) is 26.3. The Hall–Kier alpha value is -4.78. The number of halogens is 4. The van der Waals surface area contributed by atoms with E-state index in [-0.39, 0.29) is 29.4 Å². The smallest absolute Gasteiger partial charge is 0.369 e. The normalized spacial score (nSPS) is 11.0. The highest BCUT2D eigenvalue weighted by atomic mass is 19.4. The Balaban J connectivity index is 1.57. The largest absolute Gasteiger partial charge is 0.433 e. The molecule has 2 heterocycles. The van der Waals surface area contributed by atoms with Crippen molar-refractivity contribution in [3.8, 4) is 17.3 Å². The fourth-order valence-corrected chi connectivity index (χ4v) is 3.75. The van der Waals surface area contributed by atoms with Gasteiger partial charge in [-0.3, -0.25) is 4.79 Å². The summed E-state index contributed by atoms with van der Waals surface area (Å²) in [6, 6.07) is 21.7. The predicted molar refractivity (Wildman–Crippen MR) is 133 cm³/mol. The quantitative estimate of drug-likeness (QED) is 0.289. The molecule has 0 aliphatic heterocycles. The molecule has 0 aliphatic rings. The number of hydrogen-bond donors (Lipinski definition) is 2. The Morgan fingerprint density at radius 2 is 1.74 bits per heavy atom. The van der Waals surface area contributed by atoms with E-state index in [2.05, 4.69) is 26.7 Å². The lowest BCUT2D eigenvalue weighted by Crippen LogP contribution is -2.25. The van der Waals surface area contributed by atoms with Crippen LogP contribution in [0, 0.1) is 17.1 Å². The molecular formula is C28H21F4N5O. The van der Waals surface area contributed by atoms with Gasteiger partial charge in [-0.25, -0.2) is 14.4 Å². The minimum Gasteiger partial charge on any atom is -0.369 e. The minimum absolute atomic E-state index is 0.0429. The van der Waals surface area contributed by atoms with Crippen LogP contribution in [0.4, 0.5) is 23.4 Å². The SMILES string of the molecule is N#Cc1ccccc1-c1ccc(C(=O)NCc2cccc(C(F)(F)F)n2)c(NCCc2cccc(F)c2)n1. The highest BCUT2D eigenvalue weighted by Crippen LogP contribution is 2.28. The van der Waals surface area contributed by atoms with Crippen LogP contribution in [0.25, 0.3) is 11.3 Å². The van der Waals surface area contributed by atoms with Gasteiger partial charge >= 0.3 is 6.18 Å². The number of aromatic nitrogens is 2. The van der Waals surface area contributed by atoms with Gasteiger partial charge in [-0.05, 0) is 54.4 Å². The van der Waals surface area contributed by atoms with Crippen molar-refractivity contribution in [2.24, 2.45) is 0 Å². The number of carbonyl (C=O) groups is 1. The second kappa shape index (κ2) is 11.5. The average molecular weight is 520 g/mol. The second-order valence-electron chi connectivity index (χ2n) is 8.25. The summed E-state index contributed by atoms with van der Waals surface area (Å²) in [6.07, 6.45) is -4.16. The monoisotopic (exact) mass is 519 g/mol. The Morgan fingerprint density at radius 3 is 2.50 bits per heavy atom. The number of nitriles is 1. The number of nitrogens with zero attached hydrogens (tertiary/aromatic N) is 3. The first-order valence-electron chi connectivity index (χ1n) is 11.5. The summed E-state index contributed by atoms with van der Waals surface area (Å²) in [5.41, 5.74) is 1.31. The van der Waals surface area contributed by atoms with Gasteiger partial charge in [0.15, 0.2) is 0 Å². The summed E-state index contributed by atoms with van der Waals surface area (Å²) in [5, 5.41) is 15.1. The maximum atomic E-state index is 13.5. The third-order valence-corrected chi connectivity index (χ3v) is 5.59. The molecule has 0 atom stereocenters. The molecule has 0 saturated carbocycles. The van der Waals surface area contributed by atoms with E-state index >= 15 is 0 Å². The predicted octanol–water partition coefficient (Wildman–Crippen LogP) is 5.76. The Bertz CT molecular complexity index is 1500. The molecule has 1 amide bonds. The van der Waals surface area contributed by atoms with E-state index in [0.717, 1.165) is 11.6 Å². The lowest BCUT2D eigenvalue weighted by atomic mass is 10.0. The van der Waals surface area contributed by atoms with Crippen molar-refractivity contribution in [1.82, 2.24) is 15.3 Å². The molecule has 4 rings (SSSR count). The molecule has 2 aromatic carbocycles. The number of carbonyl (C=O) groups excluding carboxylic acids is 1.